The van der Waals surface area contributed by atoms with Crippen molar-refractivity contribution in [3.05, 3.63) is 53.6 Å². The van der Waals surface area contributed by atoms with Gasteiger partial charge in [0.25, 0.3) is 5.91 Å². The van der Waals surface area contributed by atoms with Gasteiger partial charge >= 0.3 is 0 Å². The number of rotatable bonds is 5. The second kappa shape index (κ2) is 7.95. The lowest BCUT2D eigenvalue weighted by molar-refractivity contribution is 0.0698. The van der Waals surface area contributed by atoms with Gasteiger partial charge in [0.05, 0.1) is 5.56 Å². The first-order valence-corrected chi connectivity index (χ1v) is 8.86. The van der Waals surface area contributed by atoms with Crippen LogP contribution in [0.4, 0.5) is 8.78 Å². The van der Waals surface area contributed by atoms with Crippen molar-refractivity contribution in [1.29, 1.82) is 0 Å². The molecule has 1 aliphatic rings. The van der Waals surface area contributed by atoms with Crippen molar-refractivity contribution in [1.82, 2.24) is 19.4 Å². The number of halogens is 2. The lowest BCUT2D eigenvalue weighted by atomic mass is 9.96. The van der Waals surface area contributed by atoms with Crippen LogP contribution in [0.15, 0.2) is 30.6 Å². The first-order valence-electron chi connectivity index (χ1n) is 8.86. The van der Waals surface area contributed by atoms with Gasteiger partial charge in [0.1, 0.15) is 17.5 Å². The molecule has 0 spiro atoms. The number of benzene rings is 1. The molecule has 26 heavy (non-hydrogen) atoms. The Hall–Kier alpha value is -2.28. The Morgan fingerprint density at radius 2 is 2.15 bits per heavy atom. The van der Waals surface area contributed by atoms with Gasteiger partial charge in [-0.15, -0.1) is 0 Å². The average Bonchev–Trinajstić information content (AvgIpc) is 3.10. The zero-order chi connectivity index (χ0) is 18.7. The first kappa shape index (κ1) is 18.5. The smallest absolute Gasteiger partial charge is 0.256 e. The molecular weight excluding hydrogens is 338 g/mol. The third-order valence-corrected chi connectivity index (χ3v) is 4.77. The van der Waals surface area contributed by atoms with Crippen LogP contribution >= 0.6 is 0 Å². The number of piperidine rings is 1. The first-order chi connectivity index (χ1) is 12.5. The monoisotopic (exact) mass is 362 g/mol. The Balaban J connectivity index is 1.75. The summed E-state index contributed by atoms with van der Waals surface area (Å²) in [5.74, 6) is -0.711. The van der Waals surface area contributed by atoms with Crippen LogP contribution in [0.25, 0.3) is 0 Å². The summed E-state index contributed by atoms with van der Waals surface area (Å²) in [6.45, 7) is 2.73. The van der Waals surface area contributed by atoms with Crippen LogP contribution < -0.4 is 0 Å². The molecule has 1 aromatic heterocycles. The molecule has 2 aromatic rings. The van der Waals surface area contributed by atoms with E-state index in [1.807, 2.05) is 20.3 Å². The molecule has 1 fully saturated rings. The minimum atomic E-state index is -0.689. The predicted molar refractivity (Wildman–Crippen MR) is 95.0 cm³/mol. The number of amides is 1. The molecule has 1 saturated heterocycles. The Morgan fingerprint density at radius 1 is 1.35 bits per heavy atom. The standard InChI is InChI=1S/C19H24F2N4O/c1-23(2)10-11-24-9-7-22-18(24)14-4-3-8-25(13-14)19(26)16-12-15(20)5-6-17(16)21/h5-7,9,12,14H,3-4,8,10-11,13H2,1-2H3/t14-/m1/s1. The number of carbonyl (C=O) groups excluding carboxylic acids is 1. The Bertz CT molecular complexity index is 775. The van der Waals surface area contributed by atoms with Crippen LogP contribution in [-0.2, 0) is 6.54 Å². The van der Waals surface area contributed by atoms with E-state index in [9.17, 15) is 13.6 Å². The van der Waals surface area contributed by atoms with E-state index in [0.29, 0.717) is 13.1 Å². The maximum Gasteiger partial charge on any atom is 0.256 e. The number of hydrogen-bond acceptors (Lipinski definition) is 3. The third kappa shape index (κ3) is 4.09. The maximum absolute atomic E-state index is 14.0. The summed E-state index contributed by atoms with van der Waals surface area (Å²) in [5.41, 5.74) is -0.207. The molecule has 0 unspecified atom stereocenters. The Kier molecular flexibility index (Phi) is 5.66. The van der Waals surface area contributed by atoms with E-state index in [4.69, 9.17) is 0 Å². The van der Waals surface area contributed by atoms with E-state index in [2.05, 4.69) is 14.5 Å². The summed E-state index contributed by atoms with van der Waals surface area (Å²) >= 11 is 0. The lowest BCUT2D eigenvalue weighted by Crippen LogP contribution is -2.40. The van der Waals surface area contributed by atoms with Crippen molar-refractivity contribution in [2.75, 3.05) is 33.7 Å². The summed E-state index contributed by atoms with van der Waals surface area (Å²) < 4.78 is 29.5. The van der Waals surface area contributed by atoms with E-state index in [1.54, 1.807) is 11.1 Å². The molecule has 1 aromatic carbocycles. The highest BCUT2D eigenvalue weighted by Gasteiger charge is 2.29. The zero-order valence-electron chi connectivity index (χ0n) is 15.2. The fourth-order valence-electron chi connectivity index (χ4n) is 3.38. The summed E-state index contributed by atoms with van der Waals surface area (Å²) in [6, 6.07) is 2.99. The quantitative estimate of drug-likeness (QED) is 0.821. The number of carbonyl (C=O) groups is 1. The Morgan fingerprint density at radius 3 is 2.92 bits per heavy atom. The third-order valence-electron chi connectivity index (χ3n) is 4.77. The van der Waals surface area contributed by atoms with Crippen molar-refractivity contribution in [2.24, 2.45) is 0 Å². The van der Waals surface area contributed by atoms with Gasteiger partial charge in [-0.1, -0.05) is 0 Å². The predicted octanol–water partition coefficient (Wildman–Crippen LogP) is 2.74. The molecule has 1 amide bonds. The molecule has 0 bridgehead atoms. The van der Waals surface area contributed by atoms with Crippen molar-refractivity contribution in [2.45, 2.75) is 25.3 Å². The summed E-state index contributed by atoms with van der Waals surface area (Å²) in [5, 5.41) is 0. The van der Waals surface area contributed by atoms with E-state index >= 15 is 0 Å². The second-order valence-electron chi connectivity index (χ2n) is 7.00. The van der Waals surface area contributed by atoms with Crippen molar-refractivity contribution >= 4 is 5.91 Å². The van der Waals surface area contributed by atoms with E-state index < -0.39 is 17.5 Å². The number of aromatic nitrogens is 2. The van der Waals surface area contributed by atoms with E-state index in [0.717, 1.165) is 50.0 Å². The highest BCUT2D eigenvalue weighted by molar-refractivity contribution is 5.94. The molecule has 5 nitrogen and oxygen atoms in total. The van der Waals surface area contributed by atoms with Crippen LogP contribution in [0.5, 0.6) is 0 Å². The maximum atomic E-state index is 14.0. The molecule has 0 N–H and O–H groups in total. The minimum Gasteiger partial charge on any atom is -0.338 e. The molecule has 7 heteroatoms. The summed E-state index contributed by atoms with van der Waals surface area (Å²) in [6.07, 6.45) is 5.46. The van der Waals surface area contributed by atoms with E-state index in [-0.39, 0.29) is 11.5 Å². The molecule has 1 atom stereocenters. The molecule has 0 saturated carbocycles. The number of hydrogen-bond donors (Lipinski definition) is 0. The number of likely N-dealkylation sites (tertiary alicyclic amines) is 1. The average molecular weight is 362 g/mol. The van der Waals surface area contributed by atoms with Gasteiger partial charge in [-0.2, -0.15) is 0 Å². The van der Waals surface area contributed by atoms with Gasteiger partial charge < -0.3 is 14.4 Å². The Labute approximate surface area is 152 Å². The molecule has 140 valence electrons. The van der Waals surface area contributed by atoms with Crippen LogP contribution in [0, 0.1) is 11.6 Å². The normalized spacial score (nSPS) is 17.7. The van der Waals surface area contributed by atoms with Crippen LogP contribution in [0.2, 0.25) is 0 Å². The molecule has 0 aliphatic carbocycles. The second-order valence-corrected chi connectivity index (χ2v) is 7.00. The molecule has 2 heterocycles. The number of likely N-dealkylation sites (N-methyl/N-ethyl adjacent to an activating group) is 1. The van der Waals surface area contributed by atoms with Crippen molar-refractivity contribution in [3.8, 4) is 0 Å². The SMILES string of the molecule is CN(C)CCn1ccnc1[C@@H]1CCCN(C(=O)c2cc(F)ccc2F)C1. The number of nitrogens with zero attached hydrogens (tertiary/aromatic N) is 4. The van der Waals surface area contributed by atoms with Crippen molar-refractivity contribution in [3.63, 3.8) is 0 Å². The molecule has 1 aliphatic heterocycles. The fourth-order valence-corrected chi connectivity index (χ4v) is 3.38. The lowest BCUT2D eigenvalue weighted by Gasteiger charge is -2.33. The molecule has 3 rings (SSSR count). The zero-order valence-corrected chi connectivity index (χ0v) is 15.2. The van der Waals surface area contributed by atoms with Gasteiger partial charge in [-0.3, -0.25) is 4.79 Å². The number of imidazole rings is 1. The summed E-state index contributed by atoms with van der Waals surface area (Å²) in [7, 11) is 4.04. The highest BCUT2D eigenvalue weighted by Crippen LogP contribution is 2.27. The van der Waals surface area contributed by atoms with Gasteiger partial charge in [0, 0.05) is 44.5 Å². The minimum absolute atomic E-state index is 0.0986. The van der Waals surface area contributed by atoms with Gasteiger partial charge in [0.15, 0.2) is 0 Å². The van der Waals surface area contributed by atoms with Gasteiger partial charge in [-0.05, 0) is 45.1 Å². The fraction of sp³-hybridized carbons (Fsp3) is 0.474. The largest absolute Gasteiger partial charge is 0.338 e. The molecule has 0 radical (unpaired) electrons. The van der Waals surface area contributed by atoms with Crippen LogP contribution in [0.3, 0.4) is 0 Å². The van der Waals surface area contributed by atoms with Crippen molar-refractivity contribution < 1.29 is 13.6 Å². The van der Waals surface area contributed by atoms with Crippen LogP contribution in [0.1, 0.15) is 34.9 Å². The topological polar surface area (TPSA) is 41.4 Å². The summed E-state index contributed by atoms with van der Waals surface area (Å²) in [4.78, 5) is 20.9. The van der Waals surface area contributed by atoms with Gasteiger partial charge in [-0.25, -0.2) is 13.8 Å². The van der Waals surface area contributed by atoms with Crippen LogP contribution in [-0.4, -0.2) is 59.0 Å². The highest BCUT2D eigenvalue weighted by atomic mass is 19.1. The van der Waals surface area contributed by atoms with Gasteiger partial charge in [0.2, 0.25) is 0 Å². The molecular formula is C19H24F2N4O. The van der Waals surface area contributed by atoms with E-state index in [1.165, 1.54) is 0 Å².